The molecular weight excluding hydrogens is 259 g/mol. The molecule has 1 amide bonds. The minimum absolute atomic E-state index is 0.0677. The molecule has 1 atom stereocenters. The SMILES string of the molecule is CN(CCC(F)(F)F)CCC(C)(NC1CC1)C(N)=O. The smallest absolute Gasteiger partial charge is 0.368 e. The fraction of sp³-hybridized carbons (Fsp3) is 0.917. The van der Waals surface area contributed by atoms with Crippen molar-refractivity contribution in [2.24, 2.45) is 5.73 Å². The van der Waals surface area contributed by atoms with Crippen LogP contribution in [0, 0.1) is 0 Å². The van der Waals surface area contributed by atoms with Crippen molar-refractivity contribution in [3.05, 3.63) is 0 Å². The van der Waals surface area contributed by atoms with Crippen molar-refractivity contribution in [2.45, 2.75) is 50.4 Å². The molecule has 0 aromatic carbocycles. The number of rotatable bonds is 8. The molecule has 4 nitrogen and oxygen atoms in total. The Kier molecular flexibility index (Phi) is 5.20. The molecule has 0 heterocycles. The first-order valence-corrected chi connectivity index (χ1v) is 6.45. The Hall–Kier alpha value is -0.820. The molecule has 112 valence electrons. The molecule has 0 radical (unpaired) electrons. The average molecular weight is 281 g/mol. The molecular formula is C12H22F3N3O. The summed E-state index contributed by atoms with van der Waals surface area (Å²) < 4.78 is 36.3. The van der Waals surface area contributed by atoms with Gasteiger partial charge in [0.1, 0.15) is 0 Å². The molecule has 0 saturated heterocycles. The van der Waals surface area contributed by atoms with Gasteiger partial charge >= 0.3 is 6.18 Å². The predicted octanol–water partition coefficient (Wildman–Crippen LogP) is 1.26. The van der Waals surface area contributed by atoms with Crippen molar-refractivity contribution in [2.75, 3.05) is 20.1 Å². The van der Waals surface area contributed by atoms with Crippen molar-refractivity contribution < 1.29 is 18.0 Å². The van der Waals surface area contributed by atoms with Crippen LogP contribution in [0.4, 0.5) is 13.2 Å². The number of primary amides is 1. The van der Waals surface area contributed by atoms with E-state index in [1.54, 1.807) is 18.9 Å². The summed E-state index contributed by atoms with van der Waals surface area (Å²) in [6.07, 6.45) is -2.53. The van der Waals surface area contributed by atoms with E-state index < -0.39 is 24.0 Å². The van der Waals surface area contributed by atoms with Gasteiger partial charge < -0.3 is 16.0 Å². The van der Waals surface area contributed by atoms with Crippen LogP contribution in [-0.4, -0.2) is 48.7 Å². The van der Waals surface area contributed by atoms with Crippen LogP contribution < -0.4 is 11.1 Å². The van der Waals surface area contributed by atoms with E-state index in [1.807, 2.05) is 0 Å². The van der Waals surface area contributed by atoms with Gasteiger partial charge in [0, 0.05) is 19.1 Å². The molecule has 1 aliphatic carbocycles. The molecule has 3 N–H and O–H groups in total. The second-order valence-electron chi connectivity index (χ2n) is 5.53. The maximum atomic E-state index is 12.1. The van der Waals surface area contributed by atoms with Crippen LogP contribution in [0.5, 0.6) is 0 Å². The Morgan fingerprint density at radius 3 is 2.26 bits per heavy atom. The Balaban J connectivity index is 2.36. The van der Waals surface area contributed by atoms with Crippen LogP contribution in [0.25, 0.3) is 0 Å². The summed E-state index contributed by atoms with van der Waals surface area (Å²) in [7, 11) is 1.62. The molecule has 1 unspecified atom stereocenters. The van der Waals surface area contributed by atoms with Gasteiger partial charge in [0.25, 0.3) is 0 Å². The lowest BCUT2D eigenvalue weighted by Crippen LogP contribution is -2.55. The molecule has 1 saturated carbocycles. The second-order valence-corrected chi connectivity index (χ2v) is 5.53. The van der Waals surface area contributed by atoms with Gasteiger partial charge in [-0.3, -0.25) is 4.79 Å². The van der Waals surface area contributed by atoms with Gasteiger partial charge in [-0.25, -0.2) is 0 Å². The van der Waals surface area contributed by atoms with E-state index in [4.69, 9.17) is 5.73 Å². The van der Waals surface area contributed by atoms with Gasteiger partial charge in [-0.2, -0.15) is 13.2 Å². The molecule has 0 aliphatic heterocycles. The standard InChI is InChI=1S/C12H22F3N3O/c1-11(10(16)19,17-9-3-4-9)5-7-18(2)8-6-12(13,14)15/h9,17H,3-8H2,1-2H3,(H2,16,19). The number of hydrogen-bond acceptors (Lipinski definition) is 3. The summed E-state index contributed by atoms with van der Waals surface area (Å²) in [4.78, 5) is 13.0. The summed E-state index contributed by atoms with van der Waals surface area (Å²) in [5.74, 6) is -0.455. The van der Waals surface area contributed by atoms with Crippen molar-refractivity contribution in [3.8, 4) is 0 Å². The summed E-state index contributed by atoms with van der Waals surface area (Å²) in [5, 5.41) is 3.17. The summed E-state index contributed by atoms with van der Waals surface area (Å²) in [6.45, 7) is 2.04. The number of halogens is 3. The third-order valence-electron chi connectivity index (χ3n) is 3.41. The summed E-state index contributed by atoms with van der Waals surface area (Å²) >= 11 is 0. The van der Waals surface area contributed by atoms with E-state index in [1.165, 1.54) is 0 Å². The van der Waals surface area contributed by atoms with Crippen LogP contribution in [-0.2, 0) is 4.79 Å². The normalized spacial score (nSPS) is 19.5. The average Bonchev–Trinajstić information content (AvgIpc) is 3.06. The minimum atomic E-state index is -4.15. The monoisotopic (exact) mass is 281 g/mol. The van der Waals surface area contributed by atoms with E-state index in [2.05, 4.69) is 5.32 Å². The molecule has 19 heavy (non-hydrogen) atoms. The van der Waals surface area contributed by atoms with Crippen molar-refractivity contribution in [1.82, 2.24) is 10.2 Å². The fourth-order valence-corrected chi connectivity index (χ4v) is 1.79. The van der Waals surface area contributed by atoms with Crippen molar-refractivity contribution in [1.29, 1.82) is 0 Å². The first-order valence-electron chi connectivity index (χ1n) is 6.45. The predicted molar refractivity (Wildman–Crippen MR) is 66.5 cm³/mol. The molecule has 7 heteroatoms. The first kappa shape index (κ1) is 16.2. The zero-order valence-corrected chi connectivity index (χ0v) is 11.4. The highest BCUT2D eigenvalue weighted by Gasteiger charge is 2.37. The van der Waals surface area contributed by atoms with Gasteiger partial charge in [-0.05, 0) is 33.2 Å². The maximum Gasteiger partial charge on any atom is 0.390 e. The molecule has 1 aliphatic rings. The number of nitrogens with zero attached hydrogens (tertiary/aromatic N) is 1. The van der Waals surface area contributed by atoms with Crippen LogP contribution in [0.1, 0.15) is 32.6 Å². The van der Waals surface area contributed by atoms with Gasteiger partial charge in [0.05, 0.1) is 12.0 Å². The molecule has 0 aromatic rings. The van der Waals surface area contributed by atoms with E-state index in [9.17, 15) is 18.0 Å². The highest BCUT2D eigenvalue weighted by Crippen LogP contribution is 2.24. The van der Waals surface area contributed by atoms with Crippen molar-refractivity contribution >= 4 is 5.91 Å². The Morgan fingerprint density at radius 1 is 1.32 bits per heavy atom. The van der Waals surface area contributed by atoms with Crippen LogP contribution in [0.3, 0.4) is 0 Å². The first-order chi connectivity index (χ1) is 8.62. The number of amides is 1. The Bertz CT molecular complexity index is 318. The number of carbonyl (C=O) groups excluding carboxylic acids is 1. The lowest BCUT2D eigenvalue weighted by molar-refractivity contribution is -0.137. The maximum absolute atomic E-state index is 12.1. The largest absolute Gasteiger partial charge is 0.390 e. The summed E-state index contributed by atoms with van der Waals surface area (Å²) in [6, 6.07) is 0.318. The molecule has 1 rings (SSSR count). The number of hydrogen-bond donors (Lipinski definition) is 2. The van der Waals surface area contributed by atoms with Crippen molar-refractivity contribution in [3.63, 3.8) is 0 Å². The van der Waals surface area contributed by atoms with Gasteiger partial charge in [0.15, 0.2) is 0 Å². The van der Waals surface area contributed by atoms with Gasteiger partial charge in [-0.1, -0.05) is 0 Å². The molecule has 1 fully saturated rings. The van der Waals surface area contributed by atoms with E-state index in [0.29, 0.717) is 19.0 Å². The minimum Gasteiger partial charge on any atom is -0.368 e. The Morgan fingerprint density at radius 2 is 1.84 bits per heavy atom. The number of nitrogens with two attached hydrogens (primary N) is 1. The third kappa shape index (κ3) is 6.24. The second kappa shape index (κ2) is 6.09. The molecule has 0 spiro atoms. The lowest BCUT2D eigenvalue weighted by Gasteiger charge is -2.30. The number of alkyl halides is 3. The van der Waals surface area contributed by atoms with E-state index >= 15 is 0 Å². The third-order valence-corrected chi connectivity index (χ3v) is 3.41. The topological polar surface area (TPSA) is 58.4 Å². The number of carbonyl (C=O) groups is 1. The van der Waals surface area contributed by atoms with E-state index in [-0.39, 0.29) is 6.54 Å². The Labute approximate surface area is 111 Å². The van der Waals surface area contributed by atoms with Crippen LogP contribution >= 0.6 is 0 Å². The van der Waals surface area contributed by atoms with E-state index in [0.717, 1.165) is 12.8 Å². The highest BCUT2D eigenvalue weighted by atomic mass is 19.4. The quantitative estimate of drug-likeness (QED) is 0.704. The fourth-order valence-electron chi connectivity index (χ4n) is 1.79. The van der Waals surface area contributed by atoms with Gasteiger partial charge in [0.2, 0.25) is 5.91 Å². The zero-order chi connectivity index (χ0) is 14.7. The molecule has 0 bridgehead atoms. The van der Waals surface area contributed by atoms with Crippen LogP contribution in [0.2, 0.25) is 0 Å². The summed E-state index contributed by atoms with van der Waals surface area (Å²) in [5.41, 5.74) is 4.54. The highest BCUT2D eigenvalue weighted by molar-refractivity contribution is 5.84. The zero-order valence-electron chi connectivity index (χ0n) is 11.4. The lowest BCUT2D eigenvalue weighted by atomic mass is 9.96. The van der Waals surface area contributed by atoms with Crippen LogP contribution in [0.15, 0.2) is 0 Å². The number of nitrogens with one attached hydrogen (secondary N) is 1. The molecule has 0 aromatic heterocycles. The van der Waals surface area contributed by atoms with Gasteiger partial charge in [-0.15, -0.1) is 0 Å².